The first kappa shape index (κ1) is 14.0. The van der Waals surface area contributed by atoms with Crippen LogP contribution in [-0.4, -0.2) is 41.8 Å². The van der Waals surface area contributed by atoms with E-state index < -0.39 is 0 Å². The quantitative estimate of drug-likeness (QED) is 0.905. The number of morpholine rings is 1. The highest BCUT2D eigenvalue weighted by Gasteiger charge is 2.25. The van der Waals surface area contributed by atoms with Crippen LogP contribution in [0.4, 0.5) is 16.2 Å². The van der Waals surface area contributed by atoms with E-state index in [1.807, 2.05) is 18.7 Å². The Labute approximate surface area is 113 Å². The minimum absolute atomic E-state index is 0.0742. The predicted octanol–water partition coefficient (Wildman–Crippen LogP) is 2.05. The lowest BCUT2D eigenvalue weighted by Gasteiger charge is -2.36. The van der Waals surface area contributed by atoms with E-state index in [9.17, 15) is 4.39 Å². The Bertz CT molecular complexity index is 419. The van der Waals surface area contributed by atoms with Crippen molar-refractivity contribution in [1.29, 1.82) is 0 Å². The third-order valence-electron chi connectivity index (χ3n) is 2.98. The molecule has 1 aliphatic rings. The smallest absolute Gasteiger partial charge is 0.224 e. The average Bonchev–Trinajstić information content (AvgIpc) is 2.36. The average molecular weight is 268 g/mol. The molecule has 0 spiro atoms. The fraction of sp³-hybridized carbons (Fsp3) is 0.692. The standard InChI is InChI=1S/C13H21FN4O/c1-4-5-15-13-16-6-11(14)12(17-13)18-7-9(2)19-10(3)8-18/h6,9-10H,4-5,7-8H2,1-3H3,(H,15,16,17)/t9-,10+. The van der Waals surface area contributed by atoms with Crippen LogP contribution in [0.3, 0.4) is 0 Å². The van der Waals surface area contributed by atoms with Crippen molar-refractivity contribution in [3.8, 4) is 0 Å². The van der Waals surface area contributed by atoms with Gasteiger partial charge in [-0.1, -0.05) is 6.92 Å². The molecule has 19 heavy (non-hydrogen) atoms. The van der Waals surface area contributed by atoms with E-state index >= 15 is 0 Å². The van der Waals surface area contributed by atoms with Crippen molar-refractivity contribution in [2.75, 3.05) is 29.9 Å². The van der Waals surface area contributed by atoms with E-state index in [4.69, 9.17) is 4.74 Å². The third-order valence-corrected chi connectivity index (χ3v) is 2.98. The van der Waals surface area contributed by atoms with Gasteiger partial charge in [-0.15, -0.1) is 0 Å². The van der Waals surface area contributed by atoms with E-state index in [0.29, 0.717) is 24.9 Å². The van der Waals surface area contributed by atoms with Gasteiger partial charge in [-0.25, -0.2) is 9.37 Å². The minimum atomic E-state index is -0.386. The molecule has 5 nitrogen and oxygen atoms in total. The number of rotatable bonds is 4. The van der Waals surface area contributed by atoms with Crippen molar-refractivity contribution in [2.45, 2.75) is 39.4 Å². The maximum Gasteiger partial charge on any atom is 0.224 e. The van der Waals surface area contributed by atoms with Crippen LogP contribution in [0.1, 0.15) is 27.2 Å². The molecule has 1 fully saturated rings. The Morgan fingerprint density at radius 2 is 2.11 bits per heavy atom. The van der Waals surface area contributed by atoms with Crippen molar-refractivity contribution in [2.24, 2.45) is 0 Å². The van der Waals surface area contributed by atoms with Gasteiger partial charge in [0.05, 0.1) is 18.4 Å². The summed E-state index contributed by atoms with van der Waals surface area (Å²) in [6.07, 6.45) is 2.35. The highest BCUT2D eigenvalue weighted by molar-refractivity contribution is 5.44. The summed E-state index contributed by atoms with van der Waals surface area (Å²) < 4.78 is 19.5. The number of aromatic nitrogens is 2. The molecule has 106 valence electrons. The van der Waals surface area contributed by atoms with E-state index in [0.717, 1.165) is 13.0 Å². The molecule has 6 heteroatoms. The molecule has 0 unspecified atom stereocenters. The van der Waals surface area contributed by atoms with Crippen LogP contribution in [0.25, 0.3) is 0 Å². The Kier molecular flexibility index (Phi) is 4.52. The summed E-state index contributed by atoms with van der Waals surface area (Å²) in [5.41, 5.74) is 0. The van der Waals surface area contributed by atoms with Gasteiger partial charge in [0.1, 0.15) is 0 Å². The molecule has 2 rings (SSSR count). The molecule has 0 amide bonds. The fourth-order valence-electron chi connectivity index (χ4n) is 2.25. The first-order valence-electron chi connectivity index (χ1n) is 6.77. The molecule has 0 bridgehead atoms. The molecule has 0 saturated carbocycles. The molecule has 2 atom stereocenters. The molecule has 1 N–H and O–H groups in total. The van der Waals surface area contributed by atoms with Gasteiger partial charge in [-0.3, -0.25) is 0 Å². The lowest BCUT2D eigenvalue weighted by Crippen LogP contribution is -2.46. The zero-order valence-electron chi connectivity index (χ0n) is 11.7. The van der Waals surface area contributed by atoms with E-state index in [1.165, 1.54) is 6.20 Å². The van der Waals surface area contributed by atoms with Gasteiger partial charge < -0.3 is 15.0 Å². The van der Waals surface area contributed by atoms with Crippen LogP contribution in [-0.2, 0) is 4.74 Å². The third kappa shape index (κ3) is 3.53. The van der Waals surface area contributed by atoms with Crippen molar-refractivity contribution < 1.29 is 9.13 Å². The first-order valence-corrected chi connectivity index (χ1v) is 6.77. The van der Waals surface area contributed by atoms with E-state index in [-0.39, 0.29) is 18.0 Å². The number of anilines is 2. The molecule has 0 aromatic carbocycles. The van der Waals surface area contributed by atoms with Gasteiger partial charge >= 0.3 is 0 Å². The molecule has 1 aromatic heterocycles. The zero-order valence-corrected chi connectivity index (χ0v) is 11.7. The SMILES string of the molecule is CCCNc1ncc(F)c(N2C[C@@H](C)O[C@@H](C)C2)n1. The second-order valence-corrected chi connectivity index (χ2v) is 4.95. The monoisotopic (exact) mass is 268 g/mol. The van der Waals surface area contributed by atoms with Gasteiger partial charge in [-0.05, 0) is 20.3 Å². The molecular formula is C13H21FN4O. The number of nitrogens with one attached hydrogen (secondary N) is 1. The normalized spacial score (nSPS) is 23.5. The summed E-state index contributed by atoms with van der Waals surface area (Å²) in [5.74, 6) is 0.448. The van der Waals surface area contributed by atoms with Gasteiger partial charge in [0.25, 0.3) is 0 Å². The molecule has 1 saturated heterocycles. The summed E-state index contributed by atoms with van der Waals surface area (Å²) in [5, 5.41) is 3.08. The Morgan fingerprint density at radius 1 is 1.42 bits per heavy atom. The topological polar surface area (TPSA) is 50.3 Å². The highest BCUT2D eigenvalue weighted by Crippen LogP contribution is 2.22. The number of nitrogens with zero attached hydrogens (tertiary/aromatic N) is 3. The summed E-state index contributed by atoms with van der Waals surface area (Å²) in [6.45, 7) is 8.09. The largest absolute Gasteiger partial charge is 0.372 e. The van der Waals surface area contributed by atoms with Crippen molar-refractivity contribution in [3.05, 3.63) is 12.0 Å². The number of ether oxygens (including phenoxy) is 1. The lowest BCUT2D eigenvalue weighted by atomic mass is 10.2. The van der Waals surface area contributed by atoms with Crippen LogP contribution in [0.15, 0.2) is 6.20 Å². The van der Waals surface area contributed by atoms with Crippen LogP contribution in [0.2, 0.25) is 0 Å². The molecule has 0 radical (unpaired) electrons. The highest BCUT2D eigenvalue weighted by atomic mass is 19.1. The summed E-state index contributed by atoms with van der Waals surface area (Å²) in [7, 11) is 0. The Balaban J connectivity index is 2.17. The van der Waals surface area contributed by atoms with Crippen molar-refractivity contribution >= 4 is 11.8 Å². The maximum atomic E-state index is 13.9. The van der Waals surface area contributed by atoms with Crippen LogP contribution in [0, 0.1) is 5.82 Å². The Morgan fingerprint density at radius 3 is 2.74 bits per heavy atom. The molecule has 1 aliphatic heterocycles. The van der Waals surface area contributed by atoms with Gasteiger partial charge in [0, 0.05) is 19.6 Å². The molecule has 2 heterocycles. The van der Waals surface area contributed by atoms with Gasteiger partial charge in [-0.2, -0.15) is 4.98 Å². The fourth-order valence-corrected chi connectivity index (χ4v) is 2.25. The van der Waals surface area contributed by atoms with E-state index in [2.05, 4.69) is 22.2 Å². The summed E-state index contributed by atoms with van der Waals surface area (Å²) in [6, 6.07) is 0. The second-order valence-electron chi connectivity index (χ2n) is 4.95. The first-order chi connectivity index (χ1) is 9.10. The van der Waals surface area contributed by atoms with Crippen LogP contribution < -0.4 is 10.2 Å². The molecule has 0 aliphatic carbocycles. The van der Waals surface area contributed by atoms with Crippen LogP contribution in [0.5, 0.6) is 0 Å². The lowest BCUT2D eigenvalue weighted by molar-refractivity contribution is -0.00565. The number of hydrogen-bond acceptors (Lipinski definition) is 5. The number of halogens is 1. The Hall–Kier alpha value is -1.43. The van der Waals surface area contributed by atoms with Crippen molar-refractivity contribution in [1.82, 2.24) is 9.97 Å². The molecule has 1 aromatic rings. The predicted molar refractivity (Wildman–Crippen MR) is 73.0 cm³/mol. The maximum absolute atomic E-state index is 13.9. The molecular weight excluding hydrogens is 247 g/mol. The summed E-state index contributed by atoms with van der Waals surface area (Å²) >= 11 is 0. The zero-order chi connectivity index (χ0) is 13.8. The second kappa shape index (κ2) is 6.14. The van der Waals surface area contributed by atoms with Gasteiger partial charge in [0.15, 0.2) is 11.6 Å². The number of hydrogen-bond donors (Lipinski definition) is 1. The minimum Gasteiger partial charge on any atom is -0.372 e. The summed E-state index contributed by atoms with van der Waals surface area (Å²) in [4.78, 5) is 10.2. The van der Waals surface area contributed by atoms with Gasteiger partial charge in [0.2, 0.25) is 5.95 Å². The van der Waals surface area contributed by atoms with Crippen LogP contribution >= 0.6 is 0 Å². The van der Waals surface area contributed by atoms with Crippen molar-refractivity contribution in [3.63, 3.8) is 0 Å². The van der Waals surface area contributed by atoms with E-state index in [1.54, 1.807) is 0 Å².